The van der Waals surface area contributed by atoms with Gasteiger partial charge in [-0.15, -0.1) is 11.3 Å². The summed E-state index contributed by atoms with van der Waals surface area (Å²) < 4.78 is 30.5. The molecule has 21 heavy (non-hydrogen) atoms. The number of nitrogens with zero attached hydrogens (tertiary/aromatic N) is 1. The highest BCUT2D eigenvalue weighted by atomic mass is 32.2. The van der Waals surface area contributed by atoms with E-state index in [-0.39, 0.29) is 30.3 Å². The van der Waals surface area contributed by atoms with E-state index in [2.05, 4.69) is 0 Å². The number of carbonyl (C=O) groups excluding carboxylic acids is 1. The fourth-order valence-electron chi connectivity index (χ4n) is 1.59. The van der Waals surface area contributed by atoms with Crippen molar-refractivity contribution in [3.05, 3.63) is 17.0 Å². The highest BCUT2D eigenvalue weighted by molar-refractivity contribution is 7.91. The monoisotopic (exact) mass is 335 g/mol. The van der Waals surface area contributed by atoms with Crippen molar-refractivity contribution in [2.45, 2.75) is 24.5 Å². The number of aliphatic carboxylic acids is 1. The van der Waals surface area contributed by atoms with Crippen LogP contribution in [0, 0.1) is 0 Å². The first kappa shape index (κ1) is 17.6. The summed E-state index contributed by atoms with van der Waals surface area (Å²) in [4.78, 5) is 22.5. The zero-order valence-electron chi connectivity index (χ0n) is 11.7. The molecule has 0 saturated carbocycles. The van der Waals surface area contributed by atoms with Crippen LogP contribution in [0.5, 0.6) is 0 Å². The first-order valence-electron chi connectivity index (χ1n) is 6.27. The molecular formula is C12H17NO6S2. The van der Waals surface area contributed by atoms with E-state index >= 15 is 0 Å². The van der Waals surface area contributed by atoms with Gasteiger partial charge in [0.2, 0.25) is 0 Å². The minimum Gasteiger partial charge on any atom is -0.481 e. The average Bonchev–Trinajstić information content (AvgIpc) is 2.84. The van der Waals surface area contributed by atoms with Crippen molar-refractivity contribution in [2.75, 3.05) is 19.7 Å². The number of ether oxygens (including phenoxy) is 1. The molecule has 0 spiro atoms. The minimum atomic E-state index is -3.82. The molecule has 0 fully saturated rings. The smallest absolute Gasteiger partial charge is 0.321 e. The first-order chi connectivity index (χ1) is 9.81. The molecule has 1 aromatic rings. The van der Waals surface area contributed by atoms with Gasteiger partial charge in [0, 0.05) is 11.4 Å². The number of carbonyl (C=O) groups is 2. The third kappa shape index (κ3) is 4.80. The van der Waals surface area contributed by atoms with Crippen LogP contribution < -0.4 is 0 Å². The van der Waals surface area contributed by atoms with Crippen molar-refractivity contribution in [3.8, 4) is 0 Å². The lowest BCUT2D eigenvalue weighted by molar-refractivity contribution is -0.143. The Labute approximate surface area is 127 Å². The van der Waals surface area contributed by atoms with Gasteiger partial charge in [0.25, 0.3) is 10.0 Å². The van der Waals surface area contributed by atoms with E-state index in [1.165, 1.54) is 12.1 Å². The van der Waals surface area contributed by atoms with Gasteiger partial charge in [-0.3, -0.25) is 9.59 Å². The Morgan fingerprint density at radius 3 is 2.52 bits per heavy atom. The number of carboxylic acid groups (broad SMARTS) is 1. The highest BCUT2D eigenvalue weighted by Gasteiger charge is 2.27. The van der Waals surface area contributed by atoms with Crippen LogP contribution >= 0.6 is 11.3 Å². The van der Waals surface area contributed by atoms with E-state index in [1.54, 1.807) is 13.8 Å². The summed E-state index contributed by atoms with van der Waals surface area (Å²) in [6.45, 7) is 3.19. The molecule has 118 valence electrons. The molecule has 0 bridgehead atoms. The molecule has 1 rings (SSSR count). The van der Waals surface area contributed by atoms with Crippen LogP contribution in [0.15, 0.2) is 16.3 Å². The van der Waals surface area contributed by atoms with Gasteiger partial charge in [0.1, 0.15) is 10.8 Å². The molecule has 0 aromatic carbocycles. The quantitative estimate of drug-likeness (QED) is 0.710. The van der Waals surface area contributed by atoms with Crippen molar-refractivity contribution in [3.63, 3.8) is 0 Å². The largest absolute Gasteiger partial charge is 0.481 e. The molecule has 0 aliphatic heterocycles. The molecule has 0 aliphatic carbocycles. The summed E-state index contributed by atoms with van der Waals surface area (Å²) in [7, 11) is -3.82. The summed E-state index contributed by atoms with van der Waals surface area (Å²) in [5.41, 5.74) is 0. The number of thiophene rings is 1. The van der Waals surface area contributed by atoms with Gasteiger partial charge in [-0.05, 0) is 19.1 Å². The molecule has 1 heterocycles. The van der Waals surface area contributed by atoms with Gasteiger partial charge in [-0.1, -0.05) is 6.92 Å². The Balaban J connectivity index is 2.93. The molecule has 1 aromatic heterocycles. The summed E-state index contributed by atoms with van der Waals surface area (Å²) in [6.07, 6.45) is -0.232. The van der Waals surface area contributed by atoms with Crippen LogP contribution in [0.3, 0.4) is 0 Å². The van der Waals surface area contributed by atoms with E-state index < -0.39 is 22.0 Å². The maximum absolute atomic E-state index is 12.4. The molecule has 0 radical (unpaired) electrons. The molecule has 0 aliphatic rings. The van der Waals surface area contributed by atoms with Crippen molar-refractivity contribution in [2.24, 2.45) is 0 Å². The second-order valence-corrected chi connectivity index (χ2v) is 7.36. The second-order valence-electron chi connectivity index (χ2n) is 4.03. The lowest BCUT2D eigenvalue weighted by Crippen LogP contribution is -2.35. The fourth-order valence-corrected chi connectivity index (χ4v) is 4.48. The van der Waals surface area contributed by atoms with Crippen molar-refractivity contribution in [1.29, 1.82) is 0 Å². The number of hydrogen-bond donors (Lipinski definition) is 1. The third-order valence-corrected chi connectivity index (χ3v) is 5.99. The van der Waals surface area contributed by atoms with Gasteiger partial charge in [0.15, 0.2) is 0 Å². The van der Waals surface area contributed by atoms with Crippen molar-refractivity contribution >= 4 is 33.3 Å². The number of hydrogen-bond acceptors (Lipinski definition) is 6. The number of rotatable bonds is 8. The Morgan fingerprint density at radius 1 is 1.33 bits per heavy atom. The Kier molecular flexibility index (Phi) is 6.31. The van der Waals surface area contributed by atoms with E-state index in [0.717, 1.165) is 15.6 Å². The van der Waals surface area contributed by atoms with Crippen LogP contribution in [0.25, 0.3) is 0 Å². The lowest BCUT2D eigenvalue weighted by atomic mass is 10.3. The second kappa shape index (κ2) is 7.53. The third-order valence-electron chi connectivity index (χ3n) is 2.52. The van der Waals surface area contributed by atoms with Gasteiger partial charge in [-0.2, -0.15) is 4.31 Å². The standard InChI is InChI=1S/C12H17NO6S2/c1-3-13(8-11(16)19-4-2)21(17,18)12-6-5-9(20-12)7-10(14)15/h5-6H,3-4,7-8H2,1-2H3,(H,14,15). The van der Waals surface area contributed by atoms with Crippen molar-refractivity contribution < 1.29 is 27.9 Å². The van der Waals surface area contributed by atoms with Gasteiger partial charge in [-0.25, -0.2) is 8.42 Å². The molecule has 0 atom stereocenters. The first-order valence-corrected chi connectivity index (χ1v) is 8.53. The maximum atomic E-state index is 12.4. The van der Waals surface area contributed by atoms with Gasteiger partial charge >= 0.3 is 11.9 Å². The molecule has 1 N–H and O–H groups in total. The van der Waals surface area contributed by atoms with Crippen molar-refractivity contribution in [1.82, 2.24) is 4.31 Å². The highest BCUT2D eigenvalue weighted by Crippen LogP contribution is 2.25. The van der Waals surface area contributed by atoms with Crippen LogP contribution in [-0.2, 0) is 30.8 Å². The van der Waals surface area contributed by atoms with E-state index in [1.807, 2.05) is 0 Å². The lowest BCUT2D eigenvalue weighted by Gasteiger charge is -2.18. The number of esters is 1. The van der Waals surface area contributed by atoms with Gasteiger partial charge < -0.3 is 9.84 Å². The van der Waals surface area contributed by atoms with Crippen LogP contribution in [0.4, 0.5) is 0 Å². The molecule has 9 heteroatoms. The zero-order chi connectivity index (χ0) is 16.0. The molecule has 7 nitrogen and oxygen atoms in total. The summed E-state index contributed by atoms with van der Waals surface area (Å²) in [6, 6.07) is 2.82. The summed E-state index contributed by atoms with van der Waals surface area (Å²) >= 11 is 0.890. The van der Waals surface area contributed by atoms with E-state index in [9.17, 15) is 18.0 Å². The van der Waals surface area contributed by atoms with Crippen LogP contribution in [0.1, 0.15) is 18.7 Å². The zero-order valence-corrected chi connectivity index (χ0v) is 13.4. The van der Waals surface area contributed by atoms with Crippen LogP contribution in [-0.4, -0.2) is 49.5 Å². The topological polar surface area (TPSA) is 101 Å². The van der Waals surface area contributed by atoms with E-state index in [0.29, 0.717) is 4.88 Å². The predicted octanol–water partition coefficient (Wildman–Crippen LogP) is 0.949. The summed E-state index contributed by atoms with van der Waals surface area (Å²) in [5, 5.41) is 8.70. The predicted molar refractivity (Wildman–Crippen MR) is 76.7 cm³/mol. The number of likely N-dealkylation sites (N-methyl/N-ethyl adjacent to an activating group) is 1. The normalized spacial score (nSPS) is 11.6. The fraction of sp³-hybridized carbons (Fsp3) is 0.500. The molecule has 0 unspecified atom stereocenters. The maximum Gasteiger partial charge on any atom is 0.321 e. The molecule has 0 saturated heterocycles. The Hall–Kier alpha value is -1.45. The average molecular weight is 335 g/mol. The molecule has 0 amide bonds. The van der Waals surface area contributed by atoms with Gasteiger partial charge in [0.05, 0.1) is 13.0 Å². The van der Waals surface area contributed by atoms with Crippen LogP contribution in [0.2, 0.25) is 0 Å². The Bertz CT molecular complexity index is 607. The number of sulfonamides is 1. The summed E-state index contributed by atoms with van der Waals surface area (Å²) in [5.74, 6) is -1.65. The number of carboxylic acids is 1. The van der Waals surface area contributed by atoms with E-state index in [4.69, 9.17) is 9.84 Å². The minimum absolute atomic E-state index is 0.0184. The SMILES string of the molecule is CCOC(=O)CN(CC)S(=O)(=O)c1ccc(CC(=O)O)s1. The molecular weight excluding hydrogens is 318 g/mol. The Morgan fingerprint density at radius 2 is 2.00 bits per heavy atom.